The van der Waals surface area contributed by atoms with E-state index in [-0.39, 0.29) is 5.92 Å². The van der Waals surface area contributed by atoms with Crippen molar-refractivity contribution in [3.8, 4) is 0 Å². The van der Waals surface area contributed by atoms with Gasteiger partial charge in [-0.1, -0.05) is 0 Å². The zero-order chi connectivity index (χ0) is 15.0. The van der Waals surface area contributed by atoms with E-state index in [1.807, 2.05) is 16.3 Å². The zero-order valence-electron chi connectivity index (χ0n) is 12.4. The van der Waals surface area contributed by atoms with E-state index in [4.69, 9.17) is 12.2 Å². The average Bonchev–Trinajstić information content (AvgIpc) is 3.10. The number of hydrogen-bond acceptors (Lipinski definition) is 5. The SMILES string of the molecule is Cn1c(C[C@@H]2CCS(=O)(=O)C2)nn(CN2CCCC2)c1=S. The third-order valence-corrected chi connectivity index (χ3v) is 6.78. The number of rotatable bonds is 4. The quantitative estimate of drug-likeness (QED) is 0.770. The fraction of sp³-hybridized carbons (Fsp3) is 0.846. The first-order valence-corrected chi connectivity index (χ1v) is 9.73. The Labute approximate surface area is 130 Å². The van der Waals surface area contributed by atoms with E-state index < -0.39 is 9.84 Å². The van der Waals surface area contributed by atoms with E-state index in [1.54, 1.807) is 0 Å². The van der Waals surface area contributed by atoms with E-state index in [0.29, 0.717) is 17.9 Å². The number of likely N-dealkylation sites (tertiary alicyclic amines) is 1. The topological polar surface area (TPSA) is 60.1 Å². The molecule has 0 spiro atoms. The van der Waals surface area contributed by atoms with Crippen molar-refractivity contribution in [1.29, 1.82) is 0 Å². The molecule has 0 unspecified atom stereocenters. The Kier molecular flexibility index (Phi) is 4.20. The van der Waals surface area contributed by atoms with Crippen LogP contribution < -0.4 is 0 Å². The van der Waals surface area contributed by atoms with Gasteiger partial charge in [0.15, 0.2) is 14.6 Å². The van der Waals surface area contributed by atoms with Gasteiger partial charge in [-0.15, -0.1) is 0 Å². The minimum atomic E-state index is -2.83. The van der Waals surface area contributed by atoms with Crippen LogP contribution in [0.5, 0.6) is 0 Å². The van der Waals surface area contributed by atoms with Crippen molar-refractivity contribution in [1.82, 2.24) is 19.2 Å². The van der Waals surface area contributed by atoms with Crippen molar-refractivity contribution < 1.29 is 8.42 Å². The van der Waals surface area contributed by atoms with Gasteiger partial charge in [-0.25, -0.2) is 13.1 Å². The second-order valence-electron chi connectivity index (χ2n) is 6.20. The summed E-state index contributed by atoms with van der Waals surface area (Å²) in [6.45, 7) is 2.96. The lowest BCUT2D eigenvalue weighted by Crippen LogP contribution is -2.23. The lowest BCUT2D eigenvalue weighted by molar-refractivity contribution is 0.252. The summed E-state index contributed by atoms with van der Waals surface area (Å²) in [5.74, 6) is 1.70. The third-order valence-electron chi connectivity index (χ3n) is 4.46. The van der Waals surface area contributed by atoms with Crippen molar-refractivity contribution in [2.45, 2.75) is 32.4 Å². The normalized spacial score (nSPS) is 25.7. The number of sulfone groups is 1. The highest BCUT2D eigenvalue weighted by molar-refractivity contribution is 7.91. The fourth-order valence-corrected chi connectivity index (χ4v) is 5.27. The van der Waals surface area contributed by atoms with Gasteiger partial charge in [0.2, 0.25) is 0 Å². The molecule has 0 saturated carbocycles. The molecule has 1 aromatic heterocycles. The molecule has 1 aromatic rings. The first kappa shape index (κ1) is 15.2. The summed E-state index contributed by atoms with van der Waals surface area (Å²) in [4.78, 5) is 2.35. The molecule has 6 nitrogen and oxygen atoms in total. The van der Waals surface area contributed by atoms with Crippen molar-refractivity contribution in [3.05, 3.63) is 10.6 Å². The van der Waals surface area contributed by atoms with Gasteiger partial charge in [0.1, 0.15) is 5.82 Å². The molecule has 0 aromatic carbocycles. The molecule has 8 heteroatoms. The minimum absolute atomic E-state index is 0.186. The van der Waals surface area contributed by atoms with E-state index in [1.165, 1.54) is 12.8 Å². The third kappa shape index (κ3) is 3.37. The largest absolute Gasteiger partial charge is 0.307 e. The number of nitrogens with zero attached hydrogens (tertiary/aromatic N) is 4. The monoisotopic (exact) mass is 330 g/mol. The molecule has 0 N–H and O–H groups in total. The van der Waals surface area contributed by atoms with Crippen LogP contribution in [0, 0.1) is 10.7 Å². The second-order valence-corrected chi connectivity index (χ2v) is 8.79. The van der Waals surface area contributed by atoms with E-state index in [2.05, 4.69) is 10.00 Å². The molecule has 118 valence electrons. The maximum absolute atomic E-state index is 11.6. The van der Waals surface area contributed by atoms with E-state index >= 15 is 0 Å². The molecule has 0 bridgehead atoms. The van der Waals surface area contributed by atoms with Gasteiger partial charge >= 0.3 is 0 Å². The summed E-state index contributed by atoms with van der Waals surface area (Å²) in [6.07, 6.45) is 3.93. The van der Waals surface area contributed by atoms with Crippen LogP contribution in [-0.4, -0.2) is 52.3 Å². The summed E-state index contributed by atoms with van der Waals surface area (Å²) in [6, 6.07) is 0. The highest BCUT2D eigenvalue weighted by Crippen LogP contribution is 2.22. The zero-order valence-corrected chi connectivity index (χ0v) is 14.0. The Morgan fingerprint density at radius 2 is 2.05 bits per heavy atom. The van der Waals surface area contributed by atoms with Crippen LogP contribution in [-0.2, 0) is 30.0 Å². The summed E-state index contributed by atoms with van der Waals surface area (Å²) in [5.41, 5.74) is 0. The maximum atomic E-state index is 11.6. The van der Waals surface area contributed by atoms with Gasteiger partial charge in [-0.05, 0) is 50.5 Å². The number of hydrogen-bond donors (Lipinski definition) is 0. The highest BCUT2D eigenvalue weighted by atomic mass is 32.2. The fourth-order valence-electron chi connectivity index (χ4n) is 3.21. The van der Waals surface area contributed by atoms with Crippen molar-refractivity contribution >= 4 is 22.1 Å². The summed E-state index contributed by atoms with van der Waals surface area (Å²) in [7, 11) is -0.903. The predicted octanol–water partition coefficient (Wildman–Crippen LogP) is 0.982. The van der Waals surface area contributed by atoms with E-state index in [9.17, 15) is 8.42 Å². The minimum Gasteiger partial charge on any atom is -0.307 e. The Balaban J connectivity index is 1.72. The van der Waals surface area contributed by atoms with Crippen LogP contribution in [0.2, 0.25) is 0 Å². The molecule has 0 aliphatic carbocycles. The summed E-state index contributed by atoms with van der Waals surface area (Å²) < 4.78 is 27.6. The Morgan fingerprint density at radius 3 is 2.67 bits per heavy atom. The lowest BCUT2D eigenvalue weighted by atomic mass is 10.1. The van der Waals surface area contributed by atoms with Crippen LogP contribution in [0.25, 0.3) is 0 Å². The van der Waals surface area contributed by atoms with Gasteiger partial charge in [0.05, 0.1) is 18.2 Å². The molecular weight excluding hydrogens is 308 g/mol. The number of aromatic nitrogens is 3. The molecule has 3 rings (SSSR count). The smallest absolute Gasteiger partial charge is 0.198 e. The van der Waals surface area contributed by atoms with Gasteiger partial charge in [-0.3, -0.25) is 4.90 Å². The van der Waals surface area contributed by atoms with Crippen LogP contribution >= 0.6 is 12.2 Å². The maximum Gasteiger partial charge on any atom is 0.198 e. The first-order chi connectivity index (χ1) is 9.94. The van der Waals surface area contributed by atoms with Crippen LogP contribution in [0.4, 0.5) is 0 Å². The molecule has 1 atom stereocenters. The Hall–Kier alpha value is -0.730. The second kappa shape index (κ2) is 5.81. The van der Waals surface area contributed by atoms with Crippen LogP contribution in [0.3, 0.4) is 0 Å². The molecule has 2 aliphatic heterocycles. The first-order valence-electron chi connectivity index (χ1n) is 7.50. The predicted molar refractivity (Wildman–Crippen MR) is 83.3 cm³/mol. The molecule has 2 aliphatic rings. The van der Waals surface area contributed by atoms with Gasteiger partial charge in [0, 0.05) is 13.5 Å². The van der Waals surface area contributed by atoms with Crippen molar-refractivity contribution in [2.75, 3.05) is 24.6 Å². The summed E-state index contributed by atoms with van der Waals surface area (Å²) in [5, 5.41) is 4.62. The standard InChI is InChI=1S/C13H22N4O2S2/c1-15-12(8-11-4-7-21(18,19)9-11)14-17(13(15)20)10-16-5-2-3-6-16/h11H,2-10H2,1H3/t11-/m0/s1. The Bertz CT molecular complexity index is 671. The van der Waals surface area contributed by atoms with Crippen LogP contribution in [0.15, 0.2) is 0 Å². The highest BCUT2D eigenvalue weighted by Gasteiger charge is 2.29. The van der Waals surface area contributed by atoms with Crippen molar-refractivity contribution in [2.24, 2.45) is 13.0 Å². The molecule has 0 radical (unpaired) electrons. The molecule has 3 heterocycles. The van der Waals surface area contributed by atoms with Gasteiger partial charge < -0.3 is 4.57 Å². The molecule has 2 saturated heterocycles. The molecule has 21 heavy (non-hydrogen) atoms. The lowest BCUT2D eigenvalue weighted by Gasteiger charge is -2.13. The van der Waals surface area contributed by atoms with E-state index in [0.717, 1.165) is 36.8 Å². The molecular formula is C13H22N4O2S2. The van der Waals surface area contributed by atoms with Crippen molar-refractivity contribution in [3.63, 3.8) is 0 Å². The van der Waals surface area contributed by atoms with Gasteiger partial charge in [0.25, 0.3) is 0 Å². The molecule has 0 amide bonds. The summed E-state index contributed by atoms with van der Waals surface area (Å²) >= 11 is 5.45. The van der Waals surface area contributed by atoms with Crippen LogP contribution in [0.1, 0.15) is 25.1 Å². The van der Waals surface area contributed by atoms with Gasteiger partial charge in [-0.2, -0.15) is 5.10 Å². The average molecular weight is 330 g/mol. The Morgan fingerprint density at radius 1 is 1.33 bits per heavy atom. The molecule has 2 fully saturated rings.